The minimum absolute atomic E-state index is 0.820. The maximum absolute atomic E-state index is 4.66. The fourth-order valence-corrected chi connectivity index (χ4v) is 5.29. The molecule has 0 aromatic carbocycles. The number of thiophene rings is 1. The second-order valence-electron chi connectivity index (χ2n) is 9.21. The first kappa shape index (κ1) is 25.2. The molecule has 0 aliphatic rings. The van der Waals surface area contributed by atoms with Crippen molar-refractivity contribution in [3.8, 4) is 22.6 Å². The third kappa shape index (κ3) is 4.88. The summed E-state index contributed by atoms with van der Waals surface area (Å²) in [5, 5.41) is 12.1. The second kappa shape index (κ2) is 10.5. The maximum atomic E-state index is 4.66. The summed E-state index contributed by atoms with van der Waals surface area (Å²) in [7, 11) is 0. The van der Waals surface area contributed by atoms with Gasteiger partial charge in [0.05, 0.1) is 35.0 Å². The number of nitrogens with one attached hydrogen (secondary N) is 3. The first-order chi connectivity index (χ1) is 18.4. The Labute approximate surface area is 226 Å². The van der Waals surface area contributed by atoms with Gasteiger partial charge < -0.3 is 10.3 Å². The molecule has 5 aromatic rings. The number of hydrogen-bond acceptors (Lipinski definition) is 5. The molecule has 0 saturated heterocycles. The van der Waals surface area contributed by atoms with Gasteiger partial charge in [-0.3, -0.25) is 15.1 Å². The van der Waals surface area contributed by atoms with E-state index in [-0.39, 0.29) is 0 Å². The third-order valence-electron chi connectivity index (χ3n) is 6.37. The van der Waals surface area contributed by atoms with E-state index < -0.39 is 0 Å². The predicted molar refractivity (Wildman–Crippen MR) is 161 cm³/mol. The van der Waals surface area contributed by atoms with E-state index in [1.807, 2.05) is 31.5 Å². The lowest BCUT2D eigenvalue weighted by molar-refractivity contribution is 1.11. The van der Waals surface area contributed by atoms with Crippen molar-refractivity contribution in [2.75, 3.05) is 5.32 Å². The molecular weight excluding hydrogens is 488 g/mol. The summed E-state index contributed by atoms with van der Waals surface area (Å²) in [5.41, 5.74) is 10.5. The molecule has 38 heavy (non-hydrogen) atoms. The van der Waals surface area contributed by atoms with Crippen molar-refractivity contribution in [1.29, 1.82) is 0 Å². The van der Waals surface area contributed by atoms with Crippen molar-refractivity contribution in [3.63, 3.8) is 0 Å². The van der Waals surface area contributed by atoms with Crippen molar-refractivity contribution in [3.05, 3.63) is 108 Å². The van der Waals surface area contributed by atoms with Gasteiger partial charge in [-0.2, -0.15) is 5.10 Å². The Morgan fingerprint density at radius 2 is 1.92 bits per heavy atom. The molecule has 0 spiro atoms. The number of aromatic amines is 2. The van der Waals surface area contributed by atoms with Crippen molar-refractivity contribution in [2.45, 2.75) is 27.2 Å². The van der Waals surface area contributed by atoms with Crippen LogP contribution in [0.4, 0.5) is 5.69 Å². The van der Waals surface area contributed by atoms with Crippen LogP contribution in [0.5, 0.6) is 0 Å². The van der Waals surface area contributed by atoms with Crippen LogP contribution in [0.2, 0.25) is 0 Å². The Bertz CT molecular complexity index is 1710. The number of pyridine rings is 2. The molecule has 0 atom stereocenters. The minimum atomic E-state index is 0.820. The summed E-state index contributed by atoms with van der Waals surface area (Å²) in [6, 6.07) is 10.5. The molecule has 0 aliphatic heterocycles. The van der Waals surface area contributed by atoms with Crippen molar-refractivity contribution in [2.24, 2.45) is 0 Å². The molecule has 0 amide bonds. The van der Waals surface area contributed by atoms with Gasteiger partial charge in [-0.25, -0.2) is 0 Å². The molecule has 0 saturated carbocycles. The van der Waals surface area contributed by atoms with Crippen LogP contribution < -0.4 is 5.32 Å². The van der Waals surface area contributed by atoms with E-state index in [2.05, 4.69) is 94.4 Å². The van der Waals surface area contributed by atoms with Crippen molar-refractivity contribution >= 4 is 39.1 Å². The number of rotatable bonds is 9. The SMILES string of the molecule is C=C/C=C(/c1ccc(C(=C)C)s1)c1cc(-c2n[nH]c3cnc(-c4cncc(NC(=C)CC)c4)cc23)[nH]c1C. The lowest BCUT2D eigenvalue weighted by Crippen LogP contribution is -1.97. The van der Waals surface area contributed by atoms with E-state index in [0.717, 1.165) is 73.8 Å². The summed E-state index contributed by atoms with van der Waals surface area (Å²) in [5.74, 6) is 0. The standard InChI is InChI=1S/C31H30N6S/c1-7-9-23(30-11-10-29(38-30)18(3)4)24-13-27(35-20(24)6)31-25-14-26(33-17-28(25)36-37-31)21-12-22(16-32-15-21)34-19(5)8-2/h7,9-17,34-35H,1,3,5,8H2,2,4,6H3,(H,36,37)/b23-9+. The Balaban J connectivity index is 1.54. The molecule has 0 bridgehead atoms. The van der Waals surface area contributed by atoms with E-state index >= 15 is 0 Å². The molecule has 0 aliphatic carbocycles. The molecule has 190 valence electrons. The Hall–Kier alpha value is -4.49. The van der Waals surface area contributed by atoms with E-state index in [9.17, 15) is 0 Å². The zero-order chi connectivity index (χ0) is 26.8. The summed E-state index contributed by atoms with van der Waals surface area (Å²) >= 11 is 1.73. The zero-order valence-electron chi connectivity index (χ0n) is 21.9. The second-order valence-corrected chi connectivity index (χ2v) is 10.3. The highest BCUT2D eigenvalue weighted by molar-refractivity contribution is 7.14. The Kier molecular flexibility index (Phi) is 6.94. The average molecular weight is 519 g/mol. The smallest absolute Gasteiger partial charge is 0.116 e. The number of H-pyrrole nitrogens is 2. The van der Waals surface area contributed by atoms with Gasteiger partial charge >= 0.3 is 0 Å². The highest BCUT2D eigenvalue weighted by Crippen LogP contribution is 2.37. The van der Waals surface area contributed by atoms with Crippen LogP contribution >= 0.6 is 11.3 Å². The van der Waals surface area contributed by atoms with Gasteiger partial charge in [-0.1, -0.05) is 38.8 Å². The van der Waals surface area contributed by atoms with Gasteiger partial charge in [-0.05, 0) is 56.2 Å². The van der Waals surface area contributed by atoms with E-state index in [1.165, 1.54) is 9.75 Å². The van der Waals surface area contributed by atoms with E-state index in [0.29, 0.717) is 0 Å². The number of allylic oxidation sites excluding steroid dienone is 4. The van der Waals surface area contributed by atoms with Crippen LogP contribution in [0, 0.1) is 6.92 Å². The number of aromatic nitrogens is 5. The predicted octanol–water partition coefficient (Wildman–Crippen LogP) is 8.37. The number of aryl methyl sites for hydroxylation is 1. The number of fused-ring (bicyclic) bond motifs is 1. The van der Waals surface area contributed by atoms with Crippen LogP contribution in [-0.2, 0) is 0 Å². The van der Waals surface area contributed by atoms with Gasteiger partial charge in [0.2, 0.25) is 0 Å². The summed E-state index contributed by atoms with van der Waals surface area (Å²) in [4.78, 5) is 15.0. The summed E-state index contributed by atoms with van der Waals surface area (Å²) in [6.07, 6.45) is 10.1. The van der Waals surface area contributed by atoms with Crippen molar-refractivity contribution < 1.29 is 0 Å². The molecule has 5 rings (SSSR count). The molecule has 0 unspecified atom stereocenters. The molecule has 0 fully saturated rings. The minimum Gasteiger partial charge on any atom is -0.358 e. The Morgan fingerprint density at radius 3 is 2.66 bits per heavy atom. The largest absolute Gasteiger partial charge is 0.358 e. The van der Waals surface area contributed by atoms with Crippen LogP contribution in [0.15, 0.2) is 86.5 Å². The lowest BCUT2D eigenvalue weighted by atomic mass is 10.0. The number of anilines is 1. The molecule has 7 heteroatoms. The highest BCUT2D eigenvalue weighted by Gasteiger charge is 2.18. The van der Waals surface area contributed by atoms with E-state index in [4.69, 9.17) is 0 Å². The van der Waals surface area contributed by atoms with Crippen LogP contribution in [0.1, 0.15) is 41.3 Å². The van der Waals surface area contributed by atoms with Crippen LogP contribution in [-0.4, -0.2) is 25.1 Å². The third-order valence-corrected chi connectivity index (χ3v) is 7.65. The monoisotopic (exact) mass is 518 g/mol. The zero-order valence-corrected chi connectivity index (χ0v) is 22.7. The summed E-state index contributed by atoms with van der Waals surface area (Å²) in [6.45, 7) is 18.2. The molecule has 6 nitrogen and oxygen atoms in total. The van der Waals surface area contributed by atoms with Gasteiger partial charge in [0.25, 0.3) is 0 Å². The maximum Gasteiger partial charge on any atom is 0.116 e. The van der Waals surface area contributed by atoms with Gasteiger partial charge in [0, 0.05) is 49.4 Å². The highest BCUT2D eigenvalue weighted by atomic mass is 32.1. The molecular formula is C31H30N6S. The quantitative estimate of drug-likeness (QED) is 0.171. The molecule has 0 radical (unpaired) electrons. The number of nitrogens with zero attached hydrogens (tertiary/aromatic N) is 3. The van der Waals surface area contributed by atoms with E-state index in [1.54, 1.807) is 17.5 Å². The van der Waals surface area contributed by atoms with Gasteiger partial charge in [-0.15, -0.1) is 11.3 Å². The molecule has 3 N–H and O–H groups in total. The first-order valence-corrected chi connectivity index (χ1v) is 13.2. The van der Waals surface area contributed by atoms with Gasteiger partial charge in [0.15, 0.2) is 0 Å². The topological polar surface area (TPSA) is 82.3 Å². The van der Waals surface area contributed by atoms with Gasteiger partial charge in [0.1, 0.15) is 5.69 Å². The lowest BCUT2D eigenvalue weighted by Gasteiger charge is -2.08. The normalized spacial score (nSPS) is 11.6. The van der Waals surface area contributed by atoms with Crippen LogP contribution in [0.25, 0.3) is 44.7 Å². The van der Waals surface area contributed by atoms with Crippen LogP contribution in [0.3, 0.4) is 0 Å². The summed E-state index contributed by atoms with van der Waals surface area (Å²) < 4.78 is 0. The Morgan fingerprint density at radius 1 is 1.11 bits per heavy atom. The number of hydrogen-bond donors (Lipinski definition) is 3. The average Bonchev–Trinajstić information content (AvgIpc) is 3.65. The molecule has 5 heterocycles. The molecule has 5 aromatic heterocycles. The fraction of sp³-hybridized carbons (Fsp3) is 0.129. The first-order valence-electron chi connectivity index (χ1n) is 12.4. The van der Waals surface area contributed by atoms with Crippen molar-refractivity contribution in [1.82, 2.24) is 25.1 Å². The fourth-order valence-electron chi connectivity index (χ4n) is 4.32.